The van der Waals surface area contributed by atoms with Gasteiger partial charge in [0.25, 0.3) is 11.8 Å². The quantitative estimate of drug-likeness (QED) is 0.0200. The molecule has 75 heavy (non-hydrogen) atoms. The van der Waals surface area contributed by atoms with E-state index in [9.17, 15) is 19.2 Å². The fourth-order valence-electron chi connectivity index (χ4n) is 9.22. The number of amides is 2. The normalized spacial score (nSPS) is 15.4. The van der Waals surface area contributed by atoms with Crippen molar-refractivity contribution in [3.05, 3.63) is 274 Å². The number of fused-ring (bicyclic) bond motifs is 1. The number of carbonyl (C=O) groups excluding carboxylic acids is 4. The fraction of sp³-hybridized carbons (Fsp3) is 0.133. The highest BCUT2D eigenvalue weighted by Crippen LogP contribution is 2.43. The summed E-state index contributed by atoms with van der Waals surface area (Å²) in [6.45, 7) is -0.658. The molecule has 0 radical (unpaired) electrons. The first kappa shape index (κ1) is 50.4. The number of β-lactam (4-membered cyclic amide) rings is 1. The fourth-order valence-corrected chi connectivity index (χ4v) is 12.0. The zero-order valence-electron chi connectivity index (χ0n) is 40.1. The first-order valence-electron chi connectivity index (χ1n) is 24.1. The van der Waals surface area contributed by atoms with Gasteiger partial charge in [-0.05, 0) is 44.5 Å². The molecule has 0 spiro atoms. The Labute approximate surface area is 450 Å². The number of carbonyl (C=O) groups is 4. The van der Waals surface area contributed by atoms with Crippen molar-refractivity contribution in [1.82, 2.24) is 15.2 Å². The molecule has 3 heterocycles. The summed E-state index contributed by atoms with van der Waals surface area (Å²) in [5.74, 6) is -2.34. The van der Waals surface area contributed by atoms with Crippen LogP contribution in [-0.4, -0.2) is 68.5 Å². The van der Waals surface area contributed by atoms with Gasteiger partial charge in [0.05, 0.1) is 0 Å². The molecule has 2 aliphatic rings. The van der Waals surface area contributed by atoms with E-state index < -0.39 is 59.5 Å². The van der Waals surface area contributed by atoms with E-state index in [2.05, 4.69) is 31.7 Å². The summed E-state index contributed by atoms with van der Waals surface area (Å²) in [6.07, 6.45) is -1.50. The highest BCUT2D eigenvalue weighted by molar-refractivity contribution is 9.09. The number of anilines is 1. The molecule has 1 aromatic heterocycles. The Kier molecular flexibility index (Phi) is 15.7. The lowest BCUT2D eigenvalue weighted by atomic mass is 9.77. The maximum absolute atomic E-state index is 14.8. The molecule has 7 aromatic carbocycles. The molecule has 2 aliphatic heterocycles. The number of thioether (sulfide) groups is 1. The molecule has 8 aromatic rings. The van der Waals surface area contributed by atoms with Crippen LogP contribution in [0.3, 0.4) is 0 Å². The molecule has 2 atom stereocenters. The Morgan fingerprint density at radius 1 is 0.653 bits per heavy atom. The molecular weight excluding hydrogens is 1050 g/mol. The summed E-state index contributed by atoms with van der Waals surface area (Å²) in [7, 11) is 0. The summed E-state index contributed by atoms with van der Waals surface area (Å²) in [6, 6.07) is 66.4. The minimum atomic E-state index is -1.08. The zero-order valence-corrected chi connectivity index (χ0v) is 43.3. The van der Waals surface area contributed by atoms with E-state index in [0.717, 1.165) is 38.9 Å². The lowest BCUT2D eigenvalue weighted by Gasteiger charge is -2.49. The predicted octanol–water partition coefficient (Wildman–Crippen LogP) is 11.0. The molecule has 374 valence electrons. The molecule has 2 amide bonds. The van der Waals surface area contributed by atoms with Crippen LogP contribution < -0.4 is 10.6 Å². The summed E-state index contributed by atoms with van der Waals surface area (Å²) in [5.41, 5.74) is 5.50. The van der Waals surface area contributed by atoms with Crippen LogP contribution in [0.25, 0.3) is 0 Å². The summed E-state index contributed by atoms with van der Waals surface area (Å²) in [4.78, 5) is 69.2. The minimum absolute atomic E-state index is 0.112. The van der Waals surface area contributed by atoms with Crippen LogP contribution >= 0.6 is 39.0 Å². The number of oxime groups is 1. The van der Waals surface area contributed by atoms with Crippen molar-refractivity contribution >= 4 is 73.6 Å². The van der Waals surface area contributed by atoms with Crippen LogP contribution in [-0.2, 0) is 39.0 Å². The van der Waals surface area contributed by atoms with Gasteiger partial charge in [0.15, 0.2) is 23.1 Å². The molecule has 1 saturated heterocycles. The molecule has 12 nitrogen and oxygen atoms in total. The maximum atomic E-state index is 14.8. The smallest absolute Gasteiger partial charge is 0.356 e. The van der Waals surface area contributed by atoms with E-state index in [1.54, 1.807) is 5.38 Å². The molecule has 0 unspecified atom stereocenters. The van der Waals surface area contributed by atoms with Crippen molar-refractivity contribution < 1.29 is 33.5 Å². The van der Waals surface area contributed by atoms with E-state index in [1.165, 1.54) is 28.0 Å². The number of thiazole rings is 1. The monoisotopic (exact) mass is 1090 g/mol. The Balaban J connectivity index is 0.943. The number of rotatable bonds is 19. The second-order valence-electron chi connectivity index (χ2n) is 17.5. The average molecular weight is 1100 g/mol. The highest BCUT2D eigenvalue weighted by atomic mass is 79.9. The Bertz CT molecular complexity index is 3140. The van der Waals surface area contributed by atoms with E-state index in [0.29, 0.717) is 21.8 Å². The van der Waals surface area contributed by atoms with Crippen LogP contribution in [0.2, 0.25) is 0 Å². The first-order chi connectivity index (χ1) is 36.8. The zero-order chi connectivity index (χ0) is 51.6. The SMILES string of the molecule is O=C(CO/N=C(\C(=O)N[C@@H]1C(=O)N2C(C(=O)OC(c3ccccc3)c3ccccc3)=C(CBr)CS[C@H]12)c1csc(NC(c2ccccc2)(c2ccccc2)c2ccccc2)n1)OC(c1ccccc1)c1ccccc1. The van der Waals surface area contributed by atoms with Gasteiger partial charge in [-0.1, -0.05) is 233 Å². The van der Waals surface area contributed by atoms with Gasteiger partial charge in [-0.25, -0.2) is 14.6 Å². The average Bonchev–Trinajstić information content (AvgIpc) is 3.95. The second-order valence-corrected chi connectivity index (χ2v) is 20.0. The largest absolute Gasteiger partial charge is 0.450 e. The topological polar surface area (TPSA) is 149 Å². The lowest BCUT2D eigenvalue weighted by molar-refractivity contribution is -0.154. The standard InChI is InChI=1S/C60H48BrN5O7S2/c61-36-44-38-74-57-51(56(69)66(57)52(44)58(70)73-54(42-26-12-3-13-27-42)43-28-14-4-15-29-43)63-55(68)50(65-71-37-49(67)72-53(40-22-8-1-9-23-40)41-24-10-2-11-25-41)48-39-75-59(62-48)64-60(45-30-16-5-17-31-45,46-32-18-6-19-33-46)47-34-20-7-21-35-47/h1-35,39,51,53-54,57H,36-38H2,(H,62,64)(H,63,68)/b65-50-/t51-,57-/m1/s1. The molecule has 0 saturated carbocycles. The number of benzene rings is 7. The van der Waals surface area contributed by atoms with E-state index in [-0.39, 0.29) is 17.1 Å². The number of esters is 2. The van der Waals surface area contributed by atoms with Crippen molar-refractivity contribution in [2.75, 3.05) is 23.0 Å². The van der Waals surface area contributed by atoms with Crippen LogP contribution in [0.4, 0.5) is 5.13 Å². The number of alkyl halides is 1. The van der Waals surface area contributed by atoms with Gasteiger partial charge in [-0.3, -0.25) is 14.5 Å². The second kappa shape index (κ2) is 23.4. The first-order valence-corrected chi connectivity index (χ1v) is 27.1. The number of hydrogen-bond donors (Lipinski definition) is 2. The Hall–Kier alpha value is -8.11. The van der Waals surface area contributed by atoms with Crippen LogP contribution in [0.1, 0.15) is 56.8 Å². The molecule has 10 rings (SSSR count). The van der Waals surface area contributed by atoms with Gasteiger partial charge < -0.3 is 24.9 Å². The Morgan fingerprint density at radius 3 is 1.55 bits per heavy atom. The maximum Gasteiger partial charge on any atom is 0.356 e. The number of ether oxygens (including phenoxy) is 2. The van der Waals surface area contributed by atoms with Crippen molar-refractivity contribution in [2.24, 2.45) is 5.16 Å². The van der Waals surface area contributed by atoms with E-state index in [1.807, 2.05) is 212 Å². The third-order valence-electron chi connectivity index (χ3n) is 12.8. The number of halogens is 1. The predicted molar refractivity (Wildman–Crippen MR) is 295 cm³/mol. The molecule has 0 aliphatic carbocycles. The van der Waals surface area contributed by atoms with Crippen molar-refractivity contribution in [3.63, 3.8) is 0 Å². The van der Waals surface area contributed by atoms with Gasteiger partial charge in [0.1, 0.15) is 28.3 Å². The van der Waals surface area contributed by atoms with Gasteiger partial charge in [-0.2, -0.15) is 0 Å². The molecule has 2 N–H and O–H groups in total. The van der Waals surface area contributed by atoms with E-state index in [4.69, 9.17) is 19.3 Å². The molecule has 15 heteroatoms. The summed E-state index contributed by atoms with van der Waals surface area (Å²) >= 11 is 6.19. The molecular formula is C60H48BrN5O7S2. The van der Waals surface area contributed by atoms with Crippen molar-refractivity contribution in [3.8, 4) is 0 Å². The van der Waals surface area contributed by atoms with Crippen molar-refractivity contribution in [1.29, 1.82) is 0 Å². The number of hydrogen-bond acceptors (Lipinski definition) is 12. The molecule has 1 fully saturated rings. The van der Waals surface area contributed by atoms with Crippen LogP contribution in [0, 0.1) is 0 Å². The van der Waals surface area contributed by atoms with Crippen molar-refractivity contribution in [2.45, 2.75) is 29.2 Å². The van der Waals surface area contributed by atoms with Crippen LogP contribution in [0.5, 0.6) is 0 Å². The summed E-state index contributed by atoms with van der Waals surface area (Å²) in [5, 5.41) is 12.6. The molecule has 0 bridgehead atoms. The third-order valence-corrected chi connectivity index (χ3v) is 15.6. The number of nitrogens with one attached hydrogen (secondary N) is 2. The van der Waals surface area contributed by atoms with Gasteiger partial charge in [0.2, 0.25) is 6.61 Å². The Morgan fingerprint density at radius 2 is 1.09 bits per heavy atom. The van der Waals surface area contributed by atoms with Gasteiger partial charge in [-0.15, -0.1) is 23.1 Å². The van der Waals surface area contributed by atoms with Gasteiger partial charge >= 0.3 is 11.9 Å². The van der Waals surface area contributed by atoms with Gasteiger partial charge in [0, 0.05) is 16.5 Å². The van der Waals surface area contributed by atoms with Crippen LogP contribution in [0.15, 0.2) is 234 Å². The third kappa shape index (κ3) is 10.9. The van der Waals surface area contributed by atoms with E-state index >= 15 is 0 Å². The number of aromatic nitrogens is 1. The summed E-state index contributed by atoms with van der Waals surface area (Å²) < 4.78 is 12.3. The highest BCUT2D eigenvalue weighted by Gasteiger charge is 2.55. The number of nitrogens with zero attached hydrogens (tertiary/aromatic N) is 3. The minimum Gasteiger partial charge on any atom is -0.450 e. The lowest BCUT2D eigenvalue weighted by Crippen LogP contribution is -2.71.